The highest BCUT2D eigenvalue weighted by Gasteiger charge is 2.39. The van der Waals surface area contributed by atoms with Crippen LogP contribution < -0.4 is 10.5 Å². The molecule has 2 atom stereocenters. The highest BCUT2D eigenvalue weighted by Crippen LogP contribution is 2.52. The number of ether oxygens (including phenoxy) is 1. The molecule has 0 amide bonds. The summed E-state index contributed by atoms with van der Waals surface area (Å²) < 4.78 is 5.27. The normalized spacial score (nSPS) is 25.6. The number of thioether (sulfide) groups is 2. The number of nitrogens with one attached hydrogen (secondary N) is 1. The topological polar surface area (TPSA) is 59.1 Å². The van der Waals surface area contributed by atoms with Crippen LogP contribution in [0.25, 0.3) is 0 Å². The van der Waals surface area contributed by atoms with Gasteiger partial charge < -0.3 is 10.5 Å². The molecule has 0 saturated carbocycles. The van der Waals surface area contributed by atoms with Crippen LogP contribution in [0.3, 0.4) is 0 Å². The minimum absolute atomic E-state index is 0.0885. The molecule has 0 bridgehead atoms. The van der Waals surface area contributed by atoms with Crippen LogP contribution >= 0.6 is 23.5 Å². The lowest BCUT2D eigenvalue weighted by Crippen LogP contribution is -2.26. The number of benzene rings is 1. The Morgan fingerprint density at radius 2 is 2.15 bits per heavy atom. The number of nitrogens with two attached hydrogens (primary N) is 1. The maximum atomic E-state index is 7.62. The van der Waals surface area contributed by atoms with Crippen LogP contribution in [0.15, 0.2) is 24.3 Å². The molecule has 110 valence electrons. The van der Waals surface area contributed by atoms with Crippen LogP contribution in [-0.2, 0) is 6.42 Å². The molecule has 1 heterocycles. The zero-order chi connectivity index (χ0) is 14.6. The Kier molecular flexibility index (Phi) is 5.27. The van der Waals surface area contributed by atoms with Gasteiger partial charge in [-0.3, -0.25) is 5.41 Å². The molecule has 1 aliphatic heterocycles. The fraction of sp³-hybridized carbons (Fsp3) is 0.533. The monoisotopic (exact) mass is 310 g/mol. The van der Waals surface area contributed by atoms with Crippen molar-refractivity contribution in [2.45, 2.75) is 35.5 Å². The lowest BCUT2D eigenvalue weighted by molar-refractivity contribution is 0.414. The van der Waals surface area contributed by atoms with Crippen LogP contribution in [0.2, 0.25) is 0 Å². The van der Waals surface area contributed by atoms with E-state index in [1.165, 1.54) is 5.56 Å². The number of aryl methyl sites for hydroxylation is 1. The van der Waals surface area contributed by atoms with E-state index < -0.39 is 0 Å². The summed E-state index contributed by atoms with van der Waals surface area (Å²) in [6.07, 6.45) is 2.76. The summed E-state index contributed by atoms with van der Waals surface area (Å²) in [4.78, 5) is 0. The van der Waals surface area contributed by atoms with Crippen molar-refractivity contribution in [3.8, 4) is 5.75 Å². The maximum absolute atomic E-state index is 7.62. The highest BCUT2D eigenvalue weighted by atomic mass is 32.2. The van der Waals surface area contributed by atoms with Crippen molar-refractivity contribution >= 4 is 29.4 Å². The highest BCUT2D eigenvalue weighted by molar-refractivity contribution is 8.21. The number of hydrogen-bond acceptors (Lipinski definition) is 4. The standard InChI is InChI=1S/C15H22N2OS2/c1-11-10-19-15(20-11,9-14(16)17)8-7-12-3-5-13(18-2)6-4-12/h3-6,11H,7-10H2,1-2H3,(H3,16,17). The maximum Gasteiger partial charge on any atom is 0.118 e. The second-order valence-corrected chi connectivity index (χ2v) is 8.68. The van der Waals surface area contributed by atoms with E-state index in [1.54, 1.807) is 7.11 Å². The summed E-state index contributed by atoms with van der Waals surface area (Å²) in [7, 11) is 1.68. The molecule has 0 aliphatic carbocycles. The van der Waals surface area contributed by atoms with Gasteiger partial charge in [-0.25, -0.2) is 0 Å². The van der Waals surface area contributed by atoms with E-state index in [1.807, 2.05) is 35.7 Å². The van der Waals surface area contributed by atoms with Crippen LogP contribution in [-0.4, -0.2) is 28.0 Å². The summed E-state index contributed by atoms with van der Waals surface area (Å²) >= 11 is 3.96. The Balaban J connectivity index is 1.99. The summed E-state index contributed by atoms with van der Waals surface area (Å²) in [6.45, 7) is 2.26. The van der Waals surface area contributed by atoms with Crippen LogP contribution in [0.5, 0.6) is 5.75 Å². The Morgan fingerprint density at radius 1 is 1.45 bits per heavy atom. The third-order valence-electron chi connectivity index (χ3n) is 3.41. The molecule has 0 radical (unpaired) electrons. The fourth-order valence-electron chi connectivity index (χ4n) is 2.43. The first-order valence-corrected chi connectivity index (χ1v) is 8.67. The zero-order valence-corrected chi connectivity index (χ0v) is 13.7. The number of methoxy groups -OCH3 is 1. The summed E-state index contributed by atoms with van der Waals surface area (Å²) in [5, 5.41) is 8.27. The zero-order valence-electron chi connectivity index (χ0n) is 12.0. The molecule has 2 unspecified atom stereocenters. The molecule has 1 saturated heterocycles. The summed E-state index contributed by atoms with van der Waals surface area (Å²) in [5.41, 5.74) is 6.96. The molecule has 5 heteroatoms. The number of hydrogen-bond donors (Lipinski definition) is 2. The molecule has 0 spiro atoms. The van der Waals surface area contributed by atoms with Gasteiger partial charge in [0.2, 0.25) is 0 Å². The average molecular weight is 310 g/mol. The van der Waals surface area contributed by atoms with Gasteiger partial charge in [0.15, 0.2) is 0 Å². The van der Waals surface area contributed by atoms with E-state index in [0.29, 0.717) is 17.5 Å². The predicted octanol–water partition coefficient (Wildman–Crippen LogP) is 3.52. The first-order chi connectivity index (χ1) is 9.53. The Morgan fingerprint density at radius 3 is 2.65 bits per heavy atom. The van der Waals surface area contributed by atoms with Gasteiger partial charge in [-0.05, 0) is 30.5 Å². The third kappa shape index (κ3) is 4.09. The number of amidine groups is 1. The molecular weight excluding hydrogens is 288 g/mol. The molecule has 3 N–H and O–H groups in total. The van der Waals surface area contributed by atoms with Gasteiger partial charge in [-0.2, -0.15) is 0 Å². The van der Waals surface area contributed by atoms with Crippen LogP contribution in [0, 0.1) is 5.41 Å². The second kappa shape index (κ2) is 6.76. The SMILES string of the molecule is COc1ccc(CCC2(CC(=N)N)SCC(C)S2)cc1. The molecular formula is C15H22N2OS2. The summed E-state index contributed by atoms with van der Waals surface area (Å²) in [6, 6.07) is 8.25. The average Bonchev–Trinajstić information content (AvgIpc) is 2.78. The van der Waals surface area contributed by atoms with Gasteiger partial charge in [0, 0.05) is 17.4 Å². The van der Waals surface area contributed by atoms with Crippen LogP contribution in [0.4, 0.5) is 0 Å². The van der Waals surface area contributed by atoms with E-state index in [9.17, 15) is 0 Å². The largest absolute Gasteiger partial charge is 0.497 e. The molecule has 1 fully saturated rings. The third-order valence-corrected chi connectivity index (χ3v) is 7.15. The summed E-state index contributed by atoms with van der Waals surface area (Å²) in [5.74, 6) is 2.35. The molecule has 20 heavy (non-hydrogen) atoms. The van der Waals surface area contributed by atoms with Gasteiger partial charge in [0.05, 0.1) is 17.0 Å². The second-order valence-electron chi connectivity index (χ2n) is 5.20. The van der Waals surface area contributed by atoms with Gasteiger partial charge >= 0.3 is 0 Å². The van der Waals surface area contributed by atoms with Crippen molar-refractivity contribution in [2.24, 2.45) is 5.73 Å². The van der Waals surface area contributed by atoms with Gasteiger partial charge in [0.1, 0.15) is 5.75 Å². The molecule has 3 nitrogen and oxygen atoms in total. The van der Waals surface area contributed by atoms with E-state index in [0.717, 1.165) is 24.3 Å². The van der Waals surface area contributed by atoms with Crippen LogP contribution in [0.1, 0.15) is 25.3 Å². The lowest BCUT2D eigenvalue weighted by Gasteiger charge is -2.27. The minimum Gasteiger partial charge on any atom is -0.497 e. The predicted molar refractivity (Wildman–Crippen MR) is 90.1 cm³/mol. The van der Waals surface area contributed by atoms with E-state index in [-0.39, 0.29) is 4.08 Å². The minimum atomic E-state index is 0.0885. The Labute approximate surface area is 129 Å². The molecule has 2 rings (SSSR count). The van der Waals surface area contributed by atoms with E-state index in [4.69, 9.17) is 15.9 Å². The first kappa shape index (κ1) is 15.6. The molecule has 1 aromatic carbocycles. The molecule has 1 aliphatic rings. The van der Waals surface area contributed by atoms with Crippen molar-refractivity contribution < 1.29 is 4.74 Å². The van der Waals surface area contributed by atoms with Crippen molar-refractivity contribution in [3.63, 3.8) is 0 Å². The van der Waals surface area contributed by atoms with E-state index in [2.05, 4.69) is 19.1 Å². The smallest absolute Gasteiger partial charge is 0.118 e. The Hall–Kier alpha value is -0.810. The van der Waals surface area contributed by atoms with Crippen molar-refractivity contribution in [1.29, 1.82) is 5.41 Å². The molecule has 1 aromatic rings. The van der Waals surface area contributed by atoms with Gasteiger partial charge in [0.25, 0.3) is 0 Å². The van der Waals surface area contributed by atoms with Gasteiger partial charge in [-0.1, -0.05) is 19.1 Å². The molecule has 0 aromatic heterocycles. The van der Waals surface area contributed by atoms with Gasteiger partial charge in [-0.15, -0.1) is 23.5 Å². The van der Waals surface area contributed by atoms with Crippen molar-refractivity contribution in [2.75, 3.05) is 12.9 Å². The van der Waals surface area contributed by atoms with E-state index >= 15 is 0 Å². The van der Waals surface area contributed by atoms with Crippen molar-refractivity contribution in [3.05, 3.63) is 29.8 Å². The number of rotatable bonds is 6. The fourth-order valence-corrected chi connectivity index (χ4v) is 6.11. The lowest BCUT2D eigenvalue weighted by atomic mass is 10.1. The quantitative estimate of drug-likeness (QED) is 0.623. The Bertz CT molecular complexity index is 463. The first-order valence-electron chi connectivity index (χ1n) is 6.80. The van der Waals surface area contributed by atoms with Crippen molar-refractivity contribution in [1.82, 2.24) is 0 Å².